The van der Waals surface area contributed by atoms with Crippen molar-refractivity contribution in [1.82, 2.24) is 20.4 Å². The first-order chi connectivity index (χ1) is 20.9. The van der Waals surface area contributed by atoms with Crippen LogP contribution in [-0.2, 0) is 33.6 Å². The molecule has 1 spiro atoms. The topological polar surface area (TPSA) is 93.8 Å². The summed E-state index contributed by atoms with van der Waals surface area (Å²) in [5.41, 5.74) is 5.33. The van der Waals surface area contributed by atoms with Crippen LogP contribution in [0.3, 0.4) is 0 Å². The van der Waals surface area contributed by atoms with Gasteiger partial charge in [-0.15, -0.1) is 0 Å². The first kappa shape index (κ1) is 27.2. The van der Waals surface area contributed by atoms with Crippen molar-refractivity contribution < 1.29 is 14.4 Å². The molecule has 218 valence electrons. The van der Waals surface area contributed by atoms with E-state index in [0.29, 0.717) is 38.0 Å². The lowest BCUT2D eigenvalue weighted by Crippen LogP contribution is -2.59. The highest BCUT2D eigenvalue weighted by molar-refractivity contribution is 5.96. The van der Waals surface area contributed by atoms with Crippen LogP contribution >= 0.6 is 0 Å². The molecule has 3 aromatic rings. The summed E-state index contributed by atoms with van der Waals surface area (Å²) < 4.78 is 0. The second kappa shape index (κ2) is 10.9. The summed E-state index contributed by atoms with van der Waals surface area (Å²) in [5.74, 6) is 0.532. The number of rotatable bonds is 6. The van der Waals surface area contributed by atoms with Gasteiger partial charge in [0.05, 0.1) is 17.5 Å². The van der Waals surface area contributed by atoms with Crippen LogP contribution in [-0.4, -0.2) is 60.2 Å². The van der Waals surface area contributed by atoms with Crippen LogP contribution in [0.5, 0.6) is 0 Å². The number of fused-ring (bicyclic) bond motifs is 2. The van der Waals surface area contributed by atoms with Gasteiger partial charge in [-0.1, -0.05) is 78.9 Å². The third kappa shape index (κ3) is 4.91. The molecule has 3 aliphatic heterocycles. The van der Waals surface area contributed by atoms with Gasteiger partial charge in [-0.05, 0) is 60.7 Å². The van der Waals surface area contributed by atoms with Crippen molar-refractivity contribution in [2.24, 2.45) is 5.41 Å². The van der Waals surface area contributed by atoms with E-state index in [1.165, 1.54) is 0 Å². The monoisotopic (exact) mass is 573 g/mol. The number of nitrogens with one attached hydrogen (secondary N) is 3. The minimum absolute atomic E-state index is 0.0175. The fourth-order valence-electron chi connectivity index (χ4n) is 7.10. The SMILES string of the molecule is CN1C[C@H](c2ccccc2)N(CC(=O)Nc2ccc3c(c2)C[C@@]2(C3)C(=O)NC3=C2C=CCN3)C(=O)[C@H]1Cc1ccccc1. The molecule has 7 rings (SSSR count). The van der Waals surface area contributed by atoms with Crippen LogP contribution in [0.2, 0.25) is 0 Å². The number of nitrogens with zero attached hydrogens (tertiary/aromatic N) is 2. The molecule has 1 aliphatic carbocycles. The normalized spacial score (nSPS) is 24.5. The van der Waals surface area contributed by atoms with Gasteiger partial charge < -0.3 is 20.9 Å². The van der Waals surface area contributed by atoms with E-state index in [9.17, 15) is 14.4 Å². The van der Waals surface area contributed by atoms with Gasteiger partial charge in [-0.3, -0.25) is 19.3 Å². The van der Waals surface area contributed by atoms with Crippen LogP contribution in [0.4, 0.5) is 5.69 Å². The van der Waals surface area contributed by atoms with Gasteiger partial charge >= 0.3 is 0 Å². The number of benzene rings is 3. The first-order valence-electron chi connectivity index (χ1n) is 14.9. The van der Waals surface area contributed by atoms with Gasteiger partial charge in [0.2, 0.25) is 17.7 Å². The standard InChI is InChI=1S/C35H35N5O3/c1-39-21-30(24-11-6-3-7-12-24)40(33(42)29(39)17-23-9-4-2-5-10-23)22-31(41)37-27-15-14-25-19-35(20-26(25)18-27)28-13-8-16-36-32(28)38-34(35)43/h2-15,18,29-30,36H,16-17,19-22H2,1H3,(H,37,41)(H,38,43)/t29-,30-,35-/m1/s1. The van der Waals surface area contributed by atoms with Gasteiger partial charge in [0, 0.05) is 24.4 Å². The van der Waals surface area contributed by atoms with Crippen LogP contribution in [0, 0.1) is 5.41 Å². The summed E-state index contributed by atoms with van der Waals surface area (Å²) in [6, 6.07) is 25.2. The minimum Gasteiger partial charge on any atom is -0.368 e. The predicted molar refractivity (Wildman–Crippen MR) is 165 cm³/mol. The Morgan fingerprint density at radius 1 is 0.977 bits per heavy atom. The van der Waals surface area contributed by atoms with Crippen molar-refractivity contribution in [3.05, 3.63) is 125 Å². The molecular weight excluding hydrogens is 538 g/mol. The number of allylic oxidation sites excluding steroid dienone is 1. The molecule has 3 heterocycles. The summed E-state index contributed by atoms with van der Waals surface area (Å²) in [5, 5.41) is 9.35. The Labute approximate surface area is 251 Å². The number of amides is 3. The molecule has 0 aromatic heterocycles. The highest BCUT2D eigenvalue weighted by Gasteiger charge is 2.51. The van der Waals surface area contributed by atoms with E-state index in [4.69, 9.17) is 0 Å². The summed E-state index contributed by atoms with van der Waals surface area (Å²) >= 11 is 0. The maximum Gasteiger partial charge on any atom is 0.244 e. The Kier molecular flexibility index (Phi) is 6.86. The van der Waals surface area contributed by atoms with Crippen molar-refractivity contribution >= 4 is 23.4 Å². The van der Waals surface area contributed by atoms with Crippen LogP contribution < -0.4 is 16.0 Å². The summed E-state index contributed by atoms with van der Waals surface area (Å²) in [6.45, 7) is 1.28. The molecule has 3 amide bonds. The van der Waals surface area contributed by atoms with Crippen LogP contribution in [0.15, 0.2) is 102 Å². The van der Waals surface area contributed by atoms with E-state index in [0.717, 1.165) is 33.6 Å². The van der Waals surface area contributed by atoms with Crippen LogP contribution in [0.1, 0.15) is 28.3 Å². The second-order valence-electron chi connectivity index (χ2n) is 12.0. The zero-order valence-corrected chi connectivity index (χ0v) is 24.2. The van der Waals surface area contributed by atoms with E-state index in [2.05, 4.69) is 26.9 Å². The Morgan fingerprint density at radius 2 is 1.72 bits per heavy atom. The van der Waals surface area contributed by atoms with Crippen LogP contribution in [0.25, 0.3) is 0 Å². The third-order valence-electron chi connectivity index (χ3n) is 9.32. The highest BCUT2D eigenvalue weighted by atomic mass is 16.2. The molecule has 0 bridgehead atoms. The molecule has 43 heavy (non-hydrogen) atoms. The van der Waals surface area contributed by atoms with E-state index in [-0.39, 0.29) is 36.3 Å². The molecule has 3 atom stereocenters. The van der Waals surface area contributed by atoms with Gasteiger partial charge in [0.15, 0.2) is 0 Å². The molecule has 1 fully saturated rings. The van der Waals surface area contributed by atoms with Gasteiger partial charge in [-0.2, -0.15) is 0 Å². The highest BCUT2D eigenvalue weighted by Crippen LogP contribution is 2.48. The number of piperazine rings is 1. The van der Waals surface area contributed by atoms with E-state index in [1.54, 1.807) is 4.90 Å². The maximum absolute atomic E-state index is 14.0. The Bertz CT molecular complexity index is 1650. The Hall–Kier alpha value is -4.69. The third-order valence-corrected chi connectivity index (χ3v) is 9.32. The van der Waals surface area contributed by atoms with Crippen molar-refractivity contribution in [1.29, 1.82) is 0 Å². The molecule has 4 aliphatic rings. The molecule has 8 heteroatoms. The summed E-state index contributed by atoms with van der Waals surface area (Å²) in [6.07, 6.45) is 5.89. The number of likely N-dealkylation sites (N-methyl/N-ethyl adjacent to an activating group) is 1. The van der Waals surface area contributed by atoms with Crippen molar-refractivity contribution in [3.8, 4) is 0 Å². The molecule has 3 aromatic carbocycles. The molecule has 1 saturated heterocycles. The zero-order chi connectivity index (χ0) is 29.6. The zero-order valence-electron chi connectivity index (χ0n) is 24.2. The summed E-state index contributed by atoms with van der Waals surface area (Å²) in [4.78, 5) is 44.5. The molecule has 3 N–H and O–H groups in total. The van der Waals surface area contributed by atoms with E-state index in [1.807, 2.05) is 92.0 Å². The average molecular weight is 574 g/mol. The average Bonchev–Trinajstić information content (AvgIpc) is 3.54. The largest absolute Gasteiger partial charge is 0.368 e. The number of carbonyl (C=O) groups excluding carboxylic acids is 3. The maximum atomic E-state index is 14.0. The van der Waals surface area contributed by atoms with Crippen molar-refractivity contribution in [2.45, 2.75) is 31.3 Å². The van der Waals surface area contributed by atoms with E-state index >= 15 is 0 Å². The van der Waals surface area contributed by atoms with Crippen molar-refractivity contribution in [2.75, 3.05) is 32.0 Å². The predicted octanol–water partition coefficient (Wildman–Crippen LogP) is 3.34. The van der Waals surface area contributed by atoms with Gasteiger partial charge in [0.25, 0.3) is 0 Å². The number of hydrogen-bond donors (Lipinski definition) is 3. The Morgan fingerprint density at radius 3 is 2.51 bits per heavy atom. The number of anilines is 1. The quantitative estimate of drug-likeness (QED) is 0.421. The second-order valence-corrected chi connectivity index (χ2v) is 12.0. The fourth-order valence-corrected chi connectivity index (χ4v) is 7.10. The molecule has 0 radical (unpaired) electrons. The lowest BCUT2D eigenvalue weighted by atomic mass is 9.78. The minimum atomic E-state index is -0.618. The van der Waals surface area contributed by atoms with Gasteiger partial charge in [-0.25, -0.2) is 0 Å². The van der Waals surface area contributed by atoms with Gasteiger partial charge in [0.1, 0.15) is 12.4 Å². The number of hydrogen-bond acceptors (Lipinski definition) is 5. The number of carbonyl (C=O) groups is 3. The van der Waals surface area contributed by atoms with E-state index < -0.39 is 5.41 Å². The fraction of sp³-hybridized carbons (Fsp3) is 0.286. The molecular formula is C35H35N5O3. The smallest absolute Gasteiger partial charge is 0.244 e. The lowest BCUT2D eigenvalue weighted by Gasteiger charge is -2.44. The number of dihydropyridines is 1. The summed E-state index contributed by atoms with van der Waals surface area (Å²) in [7, 11) is 1.99. The molecule has 0 saturated carbocycles. The molecule has 0 unspecified atom stereocenters. The Balaban J connectivity index is 1.10. The first-order valence-corrected chi connectivity index (χ1v) is 14.9. The van der Waals surface area contributed by atoms with Crippen molar-refractivity contribution in [3.63, 3.8) is 0 Å². The lowest BCUT2D eigenvalue weighted by molar-refractivity contribution is -0.147. The molecule has 8 nitrogen and oxygen atoms in total.